The van der Waals surface area contributed by atoms with Gasteiger partial charge in [0.1, 0.15) is 0 Å². The molecular formula is C13H12F2N2O2S2. The van der Waals surface area contributed by atoms with E-state index in [1.54, 1.807) is 29.6 Å². The summed E-state index contributed by atoms with van der Waals surface area (Å²) < 4.78 is 29.6. The molecule has 0 aliphatic rings. The van der Waals surface area contributed by atoms with Crippen molar-refractivity contribution in [2.75, 3.05) is 12.4 Å². The van der Waals surface area contributed by atoms with E-state index in [-0.39, 0.29) is 12.4 Å². The minimum Gasteiger partial charge on any atom is -0.469 e. The van der Waals surface area contributed by atoms with Gasteiger partial charge in [0.25, 0.3) is 5.76 Å². The van der Waals surface area contributed by atoms with Gasteiger partial charge in [-0.05, 0) is 12.1 Å². The molecule has 0 aliphatic heterocycles. The number of rotatable bonds is 6. The van der Waals surface area contributed by atoms with Crippen molar-refractivity contribution in [2.24, 2.45) is 0 Å². The Labute approximate surface area is 128 Å². The summed E-state index contributed by atoms with van der Waals surface area (Å²) >= 11 is 1.77. The fraction of sp³-hybridized carbons (Fsp3) is 0.231. The number of thioether (sulfide) groups is 1. The Balaban J connectivity index is 2.10. The normalized spacial score (nSPS) is 10.7. The fourth-order valence-corrected chi connectivity index (χ4v) is 2.87. The zero-order valence-electron chi connectivity index (χ0n) is 11.0. The first-order chi connectivity index (χ1) is 10.1. The number of hydrogen-bond acceptors (Lipinski definition) is 6. The molecule has 0 saturated carbocycles. The summed E-state index contributed by atoms with van der Waals surface area (Å²) in [7, 11) is 1.31. The Kier molecular flexibility index (Phi) is 5.51. The summed E-state index contributed by atoms with van der Waals surface area (Å²) in [6.45, 7) is 0. The molecule has 0 saturated heterocycles. The number of para-hydroxylation sites is 1. The van der Waals surface area contributed by atoms with Crippen LogP contribution in [0.4, 0.5) is 19.6 Å². The molecule has 0 radical (unpaired) electrons. The van der Waals surface area contributed by atoms with Crippen LogP contribution in [0.3, 0.4) is 0 Å². The van der Waals surface area contributed by atoms with E-state index in [9.17, 15) is 13.6 Å². The number of halogens is 2. The molecule has 0 bridgehead atoms. The van der Waals surface area contributed by atoms with Crippen molar-refractivity contribution in [3.8, 4) is 0 Å². The molecule has 1 heterocycles. The molecule has 1 N–H and O–H groups in total. The third-order valence-corrected chi connectivity index (χ3v) is 4.04. The Bertz CT molecular complexity index is 620. The van der Waals surface area contributed by atoms with Crippen LogP contribution in [-0.4, -0.2) is 23.8 Å². The molecule has 112 valence electrons. The summed E-state index contributed by atoms with van der Waals surface area (Å²) in [5.41, 5.74) is 1.13. The summed E-state index contributed by atoms with van der Waals surface area (Å²) in [5.74, 6) is -2.86. The van der Waals surface area contributed by atoms with E-state index in [1.807, 2.05) is 0 Å². The number of alkyl halides is 2. The number of aromatic nitrogens is 1. The van der Waals surface area contributed by atoms with Gasteiger partial charge in [-0.2, -0.15) is 8.78 Å². The molecular weight excluding hydrogens is 318 g/mol. The molecule has 21 heavy (non-hydrogen) atoms. The number of thiazole rings is 1. The third kappa shape index (κ3) is 4.68. The minimum absolute atomic E-state index is 0.0854. The molecule has 0 fully saturated rings. The van der Waals surface area contributed by atoms with E-state index in [0.29, 0.717) is 33.2 Å². The van der Waals surface area contributed by atoms with Gasteiger partial charge in [0.15, 0.2) is 5.13 Å². The number of esters is 1. The quantitative estimate of drug-likeness (QED) is 0.643. The lowest BCUT2D eigenvalue weighted by Crippen LogP contribution is -2.04. The van der Waals surface area contributed by atoms with Crippen LogP contribution in [0.1, 0.15) is 5.69 Å². The minimum atomic E-state index is -2.49. The molecule has 0 spiro atoms. The first-order valence-corrected chi connectivity index (χ1v) is 7.66. The van der Waals surface area contributed by atoms with Crippen molar-refractivity contribution in [3.63, 3.8) is 0 Å². The standard InChI is InChI=1S/C13H12F2N2O2S2/c1-19-11(18)6-8-7-20-13(16-8)17-9-4-2-3-5-10(9)21-12(14)15/h2-5,7,12H,6H2,1H3,(H,16,17). The second-order valence-electron chi connectivity index (χ2n) is 3.90. The first kappa shape index (κ1) is 15.7. The van der Waals surface area contributed by atoms with E-state index in [2.05, 4.69) is 15.0 Å². The van der Waals surface area contributed by atoms with Crippen LogP contribution in [0.2, 0.25) is 0 Å². The SMILES string of the molecule is COC(=O)Cc1csc(Nc2ccccc2SC(F)F)n1. The van der Waals surface area contributed by atoms with Crippen LogP contribution in [0, 0.1) is 0 Å². The largest absolute Gasteiger partial charge is 0.469 e. The monoisotopic (exact) mass is 330 g/mol. The molecule has 0 unspecified atom stereocenters. The van der Waals surface area contributed by atoms with Crippen molar-refractivity contribution in [1.29, 1.82) is 0 Å². The van der Waals surface area contributed by atoms with Gasteiger partial charge in [0.05, 0.1) is 24.9 Å². The van der Waals surface area contributed by atoms with Gasteiger partial charge >= 0.3 is 5.97 Å². The zero-order valence-corrected chi connectivity index (χ0v) is 12.6. The summed E-state index contributed by atoms with van der Waals surface area (Å²) in [6, 6.07) is 6.76. The molecule has 0 amide bonds. The summed E-state index contributed by atoms with van der Waals surface area (Å²) in [5, 5.41) is 5.25. The first-order valence-electron chi connectivity index (χ1n) is 5.90. The number of benzene rings is 1. The van der Waals surface area contributed by atoms with E-state index in [1.165, 1.54) is 18.4 Å². The maximum absolute atomic E-state index is 12.5. The van der Waals surface area contributed by atoms with Gasteiger partial charge < -0.3 is 10.1 Å². The van der Waals surface area contributed by atoms with Gasteiger partial charge in [-0.3, -0.25) is 4.79 Å². The Morgan fingerprint density at radius 3 is 2.95 bits per heavy atom. The Morgan fingerprint density at radius 1 is 1.48 bits per heavy atom. The van der Waals surface area contributed by atoms with Crippen molar-refractivity contribution in [1.82, 2.24) is 4.98 Å². The van der Waals surface area contributed by atoms with Gasteiger partial charge in [0.2, 0.25) is 0 Å². The van der Waals surface area contributed by atoms with Gasteiger partial charge in [-0.15, -0.1) is 11.3 Å². The highest BCUT2D eigenvalue weighted by molar-refractivity contribution is 7.99. The molecule has 4 nitrogen and oxygen atoms in total. The molecule has 1 aromatic heterocycles. The van der Waals surface area contributed by atoms with Crippen molar-refractivity contribution < 1.29 is 18.3 Å². The molecule has 0 atom stereocenters. The smallest absolute Gasteiger partial charge is 0.311 e. The number of methoxy groups -OCH3 is 1. The third-order valence-electron chi connectivity index (χ3n) is 2.45. The van der Waals surface area contributed by atoms with Crippen molar-refractivity contribution in [3.05, 3.63) is 35.3 Å². The number of nitrogens with zero attached hydrogens (tertiary/aromatic N) is 1. The van der Waals surface area contributed by atoms with E-state index in [0.717, 1.165) is 0 Å². The number of nitrogens with one attached hydrogen (secondary N) is 1. The highest BCUT2D eigenvalue weighted by Gasteiger charge is 2.12. The van der Waals surface area contributed by atoms with E-state index in [4.69, 9.17) is 0 Å². The van der Waals surface area contributed by atoms with Crippen LogP contribution in [-0.2, 0) is 16.0 Å². The summed E-state index contributed by atoms with van der Waals surface area (Å²) in [6.07, 6.45) is 0.0854. The second-order valence-corrected chi connectivity index (χ2v) is 5.79. The molecule has 8 heteroatoms. The van der Waals surface area contributed by atoms with Gasteiger partial charge in [-0.1, -0.05) is 23.9 Å². The lowest BCUT2D eigenvalue weighted by atomic mass is 10.3. The number of anilines is 2. The van der Waals surface area contributed by atoms with Crippen LogP contribution in [0.15, 0.2) is 34.5 Å². The van der Waals surface area contributed by atoms with Crippen LogP contribution >= 0.6 is 23.1 Å². The highest BCUT2D eigenvalue weighted by atomic mass is 32.2. The number of ether oxygens (including phenoxy) is 1. The maximum Gasteiger partial charge on any atom is 0.311 e. The number of carbonyl (C=O) groups is 1. The zero-order chi connectivity index (χ0) is 15.2. The van der Waals surface area contributed by atoms with E-state index >= 15 is 0 Å². The van der Waals surface area contributed by atoms with Crippen LogP contribution in [0.25, 0.3) is 0 Å². The van der Waals surface area contributed by atoms with Gasteiger partial charge in [0, 0.05) is 10.3 Å². The number of hydrogen-bond donors (Lipinski definition) is 1. The lowest BCUT2D eigenvalue weighted by molar-refractivity contribution is -0.139. The predicted octanol–water partition coefficient (Wildman–Crippen LogP) is 3.92. The second kappa shape index (κ2) is 7.37. The van der Waals surface area contributed by atoms with Crippen LogP contribution < -0.4 is 5.32 Å². The Morgan fingerprint density at radius 2 is 2.24 bits per heavy atom. The molecule has 0 aliphatic carbocycles. The van der Waals surface area contributed by atoms with Crippen molar-refractivity contribution >= 4 is 39.9 Å². The Hall–Kier alpha value is -1.67. The maximum atomic E-state index is 12.5. The topological polar surface area (TPSA) is 51.2 Å². The van der Waals surface area contributed by atoms with Crippen molar-refractivity contribution in [2.45, 2.75) is 17.1 Å². The average molecular weight is 330 g/mol. The lowest BCUT2D eigenvalue weighted by Gasteiger charge is -2.08. The molecule has 1 aromatic carbocycles. The average Bonchev–Trinajstić information content (AvgIpc) is 2.87. The fourth-order valence-electron chi connectivity index (χ4n) is 1.55. The summed E-state index contributed by atoms with van der Waals surface area (Å²) in [4.78, 5) is 15.8. The van der Waals surface area contributed by atoms with Crippen LogP contribution in [0.5, 0.6) is 0 Å². The van der Waals surface area contributed by atoms with Gasteiger partial charge in [-0.25, -0.2) is 4.98 Å². The number of carbonyl (C=O) groups excluding carboxylic acids is 1. The van der Waals surface area contributed by atoms with E-state index < -0.39 is 5.76 Å². The highest BCUT2D eigenvalue weighted by Crippen LogP contribution is 2.33. The molecule has 2 aromatic rings. The predicted molar refractivity (Wildman–Crippen MR) is 79.4 cm³/mol. The molecule has 2 rings (SSSR count).